The van der Waals surface area contributed by atoms with Crippen molar-refractivity contribution in [2.75, 3.05) is 28.5 Å². The van der Waals surface area contributed by atoms with Gasteiger partial charge in [0.05, 0.1) is 17.2 Å². The molecule has 1 N–H and O–H groups in total. The molecule has 34 heavy (non-hydrogen) atoms. The number of thioether (sulfide) groups is 1. The molecule has 0 atom stereocenters. The highest BCUT2D eigenvalue weighted by Gasteiger charge is 2.27. The summed E-state index contributed by atoms with van der Waals surface area (Å²) in [5.41, 5.74) is 0.340. The minimum atomic E-state index is -4.02. The van der Waals surface area contributed by atoms with Gasteiger partial charge in [-0.25, -0.2) is 8.42 Å². The molecule has 3 rings (SSSR count). The van der Waals surface area contributed by atoms with Crippen LogP contribution in [0.25, 0.3) is 0 Å². The van der Waals surface area contributed by atoms with Gasteiger partial charge in [-0.3, -0.25) is 14.4 Å². The van der Waals surface area contributed by atoms with Crippen molar-refractivity contribution in [3.8, 4) is 5.75 Å². The Morgan fingerprint density at radius 2 is 1.82 bits per heavy atom. The van der Waals surface area contributed by atoms with Gasteiger partial charge >= 0.3 is 0 Å². The first-order valence-corrected chi connectivity index (χ1v) is 14.5. The third-order valence-corrected chi connectivity index (χ3v) is 9.03. The Bertz CT molecular complexity index is 1200. The van der Waals surface area contributed by atoms with E-state index in [0.717, 1.165) is 18.9 Å². The predicted molar refractivity (Wildman–Crippen MR) is 140 cm³/mol. The molecule has 3 aromatic rings. The van der Waals surface area contributed by atoms with E-state index in [9.17, 15) is 13.2 Å². The highest BCUT2D eigenvalue weighted by molar-refractivity contribution is 9.10. The lowest BCUT2D eigenvalue weighted by Crippen LogP contribution is -2.38. The van der Waals surface area contributed by atoms with Crippen molar-refractivity contribution in [3.63, 3.8) is 0 Å². The second-order valence-electron chi connectivity index (χ2n) is 7.52. The quantitative estimate of drug-likeness (QED) is 0.241. The van der Waals surface area contributed by atoms with Gasteiger partial charge in [0.15, 0.2) is 4.34 Å². The van der Waals surface area contributed by atoms with Gasteiger partial charge in [0.2, 0.25) is 11.0 Å². The van der Waals surface area contributed by atoms with Gasteiger partial charge in [0.1, 0.15) is 12.3 Å². The van der Waals surface area contributed by atoms with E-state index >= 15 is 0 Å². The molecular weight excluding hydrogens is 560 g/mol. The van der Waals surface area contributed by atoms with Crippen molar-refractivity contribution < 1.29 is 17.9 Å². The van der Waals surface area contributed by atoms with E-state index in [-0.39, 0.29) is 4.90 Å². The van der Waals surface area contributed by atoms with Gasteiger partial charge in [-0.2, -0.15) is 0 Å². The van der Waals surface area contributed by atoms with Crippen LogP contribution in [0.2, 0.25) is 0 Å². The van der Waals surface area contributed by atoms with Gasteiger partial charge in [-0.15, -0.1) is 10.2 Å². The van der Waals surface area contributed by atoms with E-state index < -0.39 is 22.5 Å². The molecule has 12 heteroatoms. The minimum Gasteiger partial charge on any atom is -0.494 e. The molecule has 0 aliphatic carbocycles. The lowest BCUT2D eigenvalue weighted by molar-refractivity contribution is -0.114. The van der Waals surface area contributed by atoms with Crippen LogP contribution in [0.15, 0.2) is 62.2 Å². The number of carbonyl (C=O) groups is 1. The van der Waals surface area contributed by atoms with Crippen LogP contribution in [0, 0.1) is 5.92 Å². The van der Waals surface area contributed by atoms with E-state index in [1.165, 1.54) is 23.5 Å². The molecule has 8 nitrogen and oxygen atoms in total. The lowest BCUT2D eigenvalue weighted by Gasteiger charge is -2.24. The molecule has 0 spiro atoms. The highest BCUT2D eigenvalue weighted by atomic mass is 79.9. The number of hydrogen-bond acceptors (Lipinski definition) is 8. The Balaban J connectivity index is 1.83. The van der Waals surface area contributed by atoms with Gasteiger partial charge in [-0.1, -0.05) is 52.9 Å². The normalized spacial score (nSPS) is 11.4. The molecule has 0 aliphatic heterocycles. The zero-order valence-electron chi connectivity index (χ0n) is 18.9. The number of ether oxygens (including phenoxy) is 1. The highest BCUT2D eigenvalue weighted by Crippen LogP contribution is 2.29. The maximum absolute atomic E-state index is 13.5. The fraction of sp³-hybridized carbons (Fsp3) is 0.318. The second-order valence-corrected chi connectivity index (χ2v) is 12.5. The molecular formula is C22H25BrN4O4S3. The Morgan fingerprint density at radius 1 is 1.15 bits per heavy atom. The van der Waals surface area contributed by atoms with Crippen molar-refractivity contribution >= 4 is 65.8 Å². The molecule has 1 heterocycles. The number of rotatable bonds is 11. The Hall–Kier alpha value is -2.15. The summed E-state index contributed by atoms with van der Waals surface area (Å²) < 4.78 is 34.9. The van der Waals surface area contributed by atoms with Crippen LogP contribution >= 0.6 is 39.0 Å². The largest absolute Gasteiger partial charge is 0.494 e. The van der Waals surface area contributed by atoms with Crippen LogP contribution in [0.3, 0.4) is 0 Å². The van der Waals surface area contributed by atoms with Gasteiger partial charge < -0.3 is 4.74 Å². The maximum atomic E-state index is 13.5. The van der Waals surface area contributed by atoms with Gasteiger partial charge in [0, 0.05) is 10.2 Å². The van der Waals surface area contributed by atoms with Crippen LogP contribution in [-0.2, 0) is 14.8 Å². The van der Waals surface area contributed by atoms with Gasteiger partial charge in [0.25, 0.3) is 10.0 Å². The van der Waals surface area contributed by atoms with Gasteiger partial charge in [-0.05, 0) is 61.4 Å². The molecule has 0 radical (unpaired) electrons. The summed E-state index contributed by atoms with van der Waals surface area (Å²) in [4.78, 5) is 12.9. The smallest absolute Gasteiger partial charge is 0.264 e. The standard InChI is InChI=1S/C22H25BrN4O4S3/c1-4-31-18-9-7-17(8-10-18)27(34(29,30)19-11-5-16(23)6-12-19)13-20(28)24-21-25-26-22(33-21)32-14-15(2)3/h5-12,15H,4,13-14H2,1-3H3,(H,24,25,28). The monoisotopic (exact) mass is 584 g/mol. The summed E-state index contributed by atoms with van der Waals surface area (Å²) in [5, 5.41) is 11.1. The number of hydrogen-bond donors (Lipinski definition) is 1. The van der Waals surface area contributed by atoms with Crippen LogP contribution in [0.4, 0.5) is 10.8 Å². The van der Waals surface area contributed by atoms with Crippen LogP contribution in [-0.4, -0.2) is 43.4 Å². The first-order valence-electron chi connectivity index (χ1n) is 10.5. The van der Waals surface area contributed by atoms with Crippen molar-refractivity contribution in [1.29, 1.82) is 0 Å². The van der Waals surface area contributed by atoms with Crippen molar-refractivity contribution in [2.24, 2.45) is 5.92 Å². The zero-order chi connectivity index (χ0) is 24.7. The molecule has 1 aromatic heterocycles. The molecule has 0 unspecified atom stereocenters. The van der Waals surface area contributed by atoms with E-state index in [1.807, 2.05) is 6.92 Å². The average molecular weight is 586 g/mol. The van der Waals surface area contributed by atoms with E-state index in [2.05, 4.69) is 45.3 Å². The maximum Gasteiger partial charge on any atom is 0.264 e. The number of amides is 1. The minimum absolute atomic E-state index is 0.0701. The number of carbonyl (C=O) groups excluding carboxylic acids is 1. The molecule has 0 saturated carbocycles. The fourth-order valence-electron chi connectivity index (χ4n) is 2.77. The number of nitrogens with one attached hydrogen (secondary N) is 1. The van der Waals surface area contributed by atoms with E-state index in [4.69, 9.17) is 4.74 Å². The summed E-state index contributed by atoms with van der Waals surface area (Å²) in [6, 6.07) is 12.8. The van der Waals surface area contributed by atoms with Crippen LogP contribution in [0.5, 0.6) is 5.75 Å². The lowest BCUT2D eigenvalue weighted by atomic mass is 10.3. The molecule has 0 fully saturated rings. The van der Waals surface area contributed by atoms with Crippen LogP contribution < -0.4 is 14.4 Å². The zero-order valence-corrected chi connectivity index (χ0v) is 22.9. The Kier molecular flexibility index (Phi) is 9.34. The molecule has 0 saturated heterocycles. The molecule has 1 amide bonds. The van der Waals surface area contributed by atoms with Crippen LogP contribution in [0.1, 0.15) is 20.8 Å². The number of nitrogens with zero attached hydrogens (tertiary/aromatic N) is 3. The third-order valence-electron chi connectivity index (χ3n) is 4.32. The molecule has 2 aromatic carbocycles. The van der Waals surface area contributed by atoms with E-state index in [0.29, 0.717) is 29.1 Å². The average Bonchev–Trinajstić information content (AvgIpc) is 3.24. The fourth-order valence-corrected chi connectivity index (χ4v) is 6.20. The second kappa shape index (κ2) is 12.0. The summed E-state index contributed by atoms with van der Waals surface area (Å²) >= 11 is 6.14. The third kappa shape index (κ3) is 7.17. The number of anilines is 2. The number of benzene rings is 2. The Labute approximate surface area is 216 Å². The number of aromatic nitrogens is 2. The molecule has 0 bridgehead atoms. The number of halogens is 1. The molecule has 0 aliphatic rings. The van der Waals surface area contributed by atoms with E-state index in [1.54, 1.807) is 48.2 Å². The first kappa shape index (κ1) is 26.5. The van der Waals surface area contributed by atoms with Crippen molar-refractivity contribution in [3.05, 3.63) is 53.0 Å². The predicted octanol–water partition coefficient (Wildman–Crippen LogP) is 5.28. The number of sulfonamides is 1. The van der Waals surface area contributed by atoms with Crippen molar-refractivity contribution in [2.45, 2.75) is 30.0 Å². The summed E-state index contributed by atoms with van der Waals surface area (Å²) in [6.07, 6.45) is 0. The van der Waals surface area contributed by atoms with Crippen molar-refractivity contribution in [1.82, 2.24) is 10.2 Å². The summed E-state index contributed by atoms with van der Waals surface area (Å²) in [6.45, 7) is 6.14. The Morgan fingerprint density at radius 3 is 2.44 bits per heavy atom. The first-order chi connectivity index (χ1) is 16.2. The SMILES string of the molecule is CCOc1ccc(N(CC(=O)Nc2nnc(SCC(C)C)s2)S(=O)(=O)c2ccc(Br)cc2)cc1. The summed E-state index contributed by atoms with van der Waals surface area (Å²) in [5.74, 6) is 1.47. The topological polar surface area (TPSA) is 101 Å². The summed E-state index contributed by atoms with van der Waals surface area (Å²) in [7, 11) is -4.02. The molecule has 182 valence electrons.